The number of hydrogen-bond donors (Lipinski definition) is 1. The van der Waals surface area contributed by atoms with Crippen LogP contribution in [0, 0.1) is 0 Å². The zero-order chi connectivity index (χ0) is 24.8. The highest BCUT2D eigenvalue weighted by Crippen LogP contribution is 2.28. The monoisotopic (exact) mass is 482 g/mol. The van der Waals surface area contributed by atoms with Gasteiger partial charge in [0.2, 0.25) is 0 Å². The molecular formula is C33H54O2. The fourth-order valence-corrected chi connectivity index (χ4v) is 5.15. The second kappa shape index (κ2) is 20.6. The summed E-state index contributed by atoms with van der Waals surface area (Å²) in [6.07, 6.45) is 28.0. The molecule has 0 saturated heterocycles. The topological polar surface area (TPSA) is 29.5 Å². The number of fused-ring (bicyclic) bond motifs is 1. The molecule has 0 spiro atoms. The summed E-state index contributed by atoms with van der Waals surface area (Å²) in [5, 5.41) is 12.1. The maximum atomic E-state index is 9.81. The Morgan fingerprint density at radius 3 is 1.49 bits per heavy atom. The van der Waals surface area contributed by atoms with E-state index in [1.54, 1.807) is 0 Å². The van der Waals surface area contributed by atoms with Gasteiger partial charge in [-0.3, -0.25) is 0 Å². The summed E-state index contributed by atoms with van der Waals surface area (Å²) in [5.41, 5.74) is 0.913. The summed E-state index contributed by atoms with van der Waals surface area (Å²) in [6.45, 7) is 3.06. The number of hydrogen-bond acceptors (Lipinski definition) is 2. The quantitative estimate of drug-likeness (QED) is 0.160. The molecule has 2 rings (SSSR count). The third-order valence-electron chi connectivity index (χ3n) is 7.41. The molecule has 2 aromatic rings. The second-order valence-electron chi connectivity index (χ2n) is 10.5. The zero-order valence-electron chi connectivity index (χ0n) is 22.9. The Balaban J connectivity index is 1.33. The highest BCUT2D eigenvalue weighted by molar-refractivity contribution is 5.87. The summed E-state index contributed by atoms with van der Waals surface area (Å²) in [6, 6.07) is 12.3. The van der Waals surface area contributed by atoms with Gasteiger partial charge in [0.15, 0.2) is 0 Å². The van der Waals surface area contributed by atoms with Crippen molar-refractivity contribution >= 4 is 10.8 Å². The van der Waals surface area contributed by atoms with Crippen LogP contribution in [0.1, 0.15) is 141 Å². The lowest BCUT2D eigenvalue weighted by atomic mass is 10.0. The summed E-state index contributed by atoms with van der Waals surface area (Å²) >= 11 is 0. The Bertz CT molecular complexity index is 754. The van der Waals surface area contributed by atoms with Gasteiger partial charge >= 0.3 is 0 Å². The molecule has 35 heavy (non-hydrogen) atoms. The fourth-order valence-electron chi connectivity index (χ4n) is 5.15. The fraction of sp³-hybridized carbons (Fsp3) is 0.697. The molecule has 1 N–H and O–H groups in total. The second-order valence-corrected chi connectivity index (χ2v) is 10.5. The molecule has 2 nitrogen and oxygen atoms in total. The molecule has 0 bridgehead atoms. The maximum absolute atomic E-state index is 9.81. The Morgan fingerprint density at radius 1 is 0.543 bits per heavy atom. The van der Waals surface area contributed by atoms with Crippen LogP contribution in [0.3, 0.4) is 0 Å². The van der Waals surface area contributed by atoms with Gasteiger partial charge in [0.1, 0.15) is 5.75 Å². The van der Waals surface area contributed by atoms with E-state index >= 15 is 0 Å². The molecule has 0 heterocycles. The summed E-state index contributed by atoms with van der Waals surface area (Å²) in [5.74, 6) is 0.837. The van der Waals surface area contributed by atoms with Crippen LogP contribution < -0.4 is 4.74 Å². The number of unbranched alkanes of at least 4 members (excludes halogenated alkanes) is 19. The third kappa shape index (κ3) is 13.4. The molecule has 0 amide bonds. The molecule has 0 saturated carbocycles. The van der Waals surface area contributed by atoms with E-state index in [0.29, 0.717) is 0 Å². The minimum atomic E-state index is 0.0238. The van der Waals surface area contributed by atoms with Gasteiger partial charge in [0.25, 0.3) is 0 Å². The Morgan fingerprint density at radius 2 is 1.00 bits per heavy atom. The van der Waals surface area contributed by atoms with Crippen molar-refractivity contribution in [1.29, 1.82) is 0 Å². The molecule has 198 valence electrons. The van der Waals surface area contributed by atoms with Gasteiger partial charge in [-0.15, -0.1) is 0 Å². The van der Waals surface area contributed by atoms with E-state index in [4.69, 9.17) is 4.74 Å². The van der Waals surface area contributed by atoms with Crippen molar-refractivity contribution in [2.75, 3.05) is 6.61 Å². The van der Waals surface area contributed by atoms with Gasteiger partial charge in [-0.25, -0.2) is 0 Å². The van der Waals surface area contributed by atoms with Gasteiger partial charge in [-0.2, -0.15) is 0 Å². The number of rotatable bonds is 23. The lowest BCUT2D eigenvalue weighted by Crippen LogP contribution is -2.01. The first-order valence-corrected chi connectivity index (χ1v) is 15.1. The molecule has 0 atom stereocenters. The van der Waals surface area contributed by atoms with Crippen LogP contribution in [-0.2, 0) is 6.61 Å². The van der Waals surface area contributed by atoms with E-state index < -0.39 is 0 Å². The van der Waals surface area contributed by atoms with Gasteiger partial charge < -0.3 is 9.84 Å². The number of benzene rings is 2. The summed E-state index contributed by atoms with van der Waals surface area (Å²) in [4.78, 5) is 0. The smallest absolute Gasteiger partial charge is 0.125 e. The molecule has 0 unspecified atom stereocenters. The standard InChI is InChI=1S/C33H54O2/c1-2-3-4-5-6-7-8-9-10-11-12-13-14-15-16-17-18-19-20-23-28-35-33-27-26-30-24-21-22-25-31(30)32(33)29-34/h21-22,24-27,34H,2-20,23,28-29H2,1H3. The average molecular weight is 483 g/mol. The van der Waals surface area contributed by atoms with Crippen LogP contribution in [0.5, 0.6) is 5.75 Å². The third-order valence-corrected chi connectivity index (χ3v) is 7.41. The van der Waals surface area contributed by atoms with Crippen molar-refractivity contribution in [1.82, 2.24) is 0 Å². The van der Waals surface area contributed by atoms with E-state index in [-0.39, 0.29) is 6.61 Å². The lowest BCUT2D eigenvalue weighted by Gasteiger charge is -2.12. The van der Waals surface area contributed by atoms with Crippen molar-refractivity contribution in [3.8, 4) is 5.75 Å². The molecule has 2 heteroatoms. The largest absolute Gasteiger partial charge is 0.493 e. The first kappa shape index (κ1) is 29.7. The van der Waals surface area contributed by atoms with Gasteiger partial charge in [-0.1, -0.05) is 159 Å². The predicted molar refractivity (Wildman–Crippen MR) is 153 cm³/mol. The van der Waals surface area contributed by atoms with Crippen LogP contribution in [0.4, 0.5) is 0 Å². The van der Waals surface area contributed by atoms with E-state index in [1.807, 2.05) is 18.2 Å². The van der Waals surface area contributed by atoms with Crippen LogP contribution >= 0.6 is 0 Å². The molecule has 0 aromatic heterocycles. The first-order chi connectivity index (χ1) is 17.4. The van der Waals surface area contributed by atoms with Crippen molar-refractivity contribution in [3.63, 3.8) is 0 Å². The number of ether oxygens (including phenoxy) is 1. The molecule has 0 aliphatic heterocycles. The van der Waals surface area contributed by atoms with E-state index in [1.165, 1.54) is 122 Å². The van der Waals surface area contributed by atoms with Crippen molar-refractivity contribution in [2.45, 2.75) is 142 Å². The van der Waals surface area contributed by atoms with Crippen molar-refractivity contribution in [2.24, 2.45) is 0 Å². The maximum Gasteiger partial charge on any atom is 0.125 e. The first-order valence-electron chi connectivity index (χ1n) is 15.1. The SMILES string of the molecule is CCCCCCCCCCCCCCCCCCCCCCOc1ccc2ccccc2c1CO. The highest BCUT2D eigenvalue weighted by atomic mass is 16.5. The van der Waals surface area contributed by atoms with Crippen molar-refractivity contribution < 1.29 is 9.84 Å². The molecule has 0 aliphatic carbocycles. The molecule has 0 aliphatic rings. The molecule has 0 radical (unpaired) electrons. The summed E-state index contributed by atoms with van der Waals surface area (Å²) < 4.78 is 6.01. The van der Waals surface area contributed by atoms with Crippen molar-refractivity contribution in [3.05, 3.63) is 42.0 Å². The molecule has 0 fully saturated rings. The van der Waals surface area contributed by atoms with Gasteiger partial charge in [-0.05, 0) is 23.3 Å². The van der Waals surface area contributed by atoms with E-state index in [9.17, 15) is 5.11 Å². The average Bonchev–Trinajstić information content (AvgIpc) is 2.89. The van der Waals surface area contributed by atoms with Crippen LogP contribution in [-0.4, -0.2) is 11.7 Å². The number of aliphatic hydroxyl groups is 1. The minimum absolute atomic E-state index is 0.0238. The highest BCUT2D eigenvalue weighted by Gasteiger charge is 2.07. The number of aliphatic hydroxyl groups excluding tert-OH is 1. The Labute approximate surface area is 216 Å². The van der Waals surface area contributed by atoms with Gasteiger partial charge in [0.05, 0.1) is 13.2 Å². The molecule has 2 aromatic carbocycles. The molecular weight excluding hydrogens is 428 g/mol. The summed E-state index contributed by atoms with van der Waals surface area (Å²) in [7, 11) is 0. The van der Waals surface area contributed by atoms with Gasteiger partial charge in [0, 0.05) is 5.56 Å². The van der Waals surface area contributed by atoms with E-state index in [0.717, 1.165) is 35.1 Å². The minimum Gasteiger partial charge on any atom is -0.493 e. The van der Waals surface area contributed by atoms with E-state index in [2.05, 4.69) is 25.1 Å². The predicted octanol–water partition coefficient (Wildman–Crippen LogP) is 10.5. The Kier molecular flexibility index (Phi) is 17.5. The van der Waals surface area contributed by atoms with Crippen LogP contribution in [0.25, 0.3) is 10.8 Å². The van der Waals surface area contributed by atoms with Crippen LogP contribution in [0.15, 0.2) is 36.4 Å². The normalized spacial score (nSPS) is 11.4. The zero-order valence-corrected chi connectivity index (χ0v) is 22.9. The Hall–Kier alpha value is -1.54. The lowest BCUT2D eigenvalue weighted by molar-refractivity contribution is 0.261. The van der Waals surface area contributed by atoms with Crippen LogP contribution in [0.2, 0.25) is 0 Å².